The van der Waals surface area contributed by atoms with Gasteiger partial charge in [0.25, 0.3) is 5.91 Å². The molecule has 0 aliphatic rings. The van der Waals surface area contributed by atoms with Gasteiger partial charge in [-0.2, -0.15) is 0 Å². The fourth-order valence-corrected chi connectivity index (χ4v) is 2.77. The highest BCUT2D eigenvalue weighted by molar-refractivity contribution is 7.80. The summed E-state index contributed by atoms with van der Waals surface area (Å²) < 4.78 is 5.48. The number of hydrogen-bond donors (Lipinski definition) is 2. The zero-order valence-corrected chi connectivity index (χ0v) is 16.7. The van der Waals surface area contributed by atoms with Gasteiger partial charge < -0.3 is 10.1 Å². The second-order valence-electron chi connectivity index (χ2n) is 6.10. The molecular formula is C20H23ClN2O2S. The van der Waals surface area contributed by atoms with Crippen molar-refractivity contribution in [2.45, 2.75) is 33.1 Å². The number of aryl methyl sites for hydroxylation is 1. The van der Waals surface area contributed by atoms with E-state index in [0.717, 1.165) is 17.7 Å². The molecule has 1 amide bonds. The van der Waals surface area contributed by atoms with Gasteiger partial charge in [-0.3, -0.25) is 10.1 Å². The van der Waals surface area contributed by atoms with Gasteiger partial charge in [0, 0.05) is 10.7 Å². The SMILES string of the molecule is CC[C@@H](C)c1ccccc1NC(=S)NC(=O)COc1ccc(Cl)c(C)c1. The third-order valence-electron chi connectivity index (χ3n) is 4.10. The first kappa shape index (κ1) is 20.2. The van der Waals surface area contributed by atoms with E-state index in [-0.39, 0.29) is 17.6 Å². The summed E-state index contributed by atoms with van der Waals surface area (Å²) in [5.74, 6) is 0.660. The van der Waals surface area contributed by atoms with Crippen molar-refractivity contribution in [2.24, 2.45) is 0 Å². The molecule has 0 saturated heterocycles. The Kier molecular flexibility index (Phi) is 7.42. The predicted octanol–water partition coefficient (Wildman–Crippen LogP) is 5.05. The van der Waals surface area contributed by atoms with Crippen LogP contribution in [0, 0.1) is 6.92 Å². The van der Waals surface area contributed by atoms with Crippen LogP contribution in [0.15, 0.2) is 42.5 Å². The van der Waals surface area contributed by atoms with Crippen LogP contribution in [0.5, 0.6) is 5.75 Å². The smallest absolute Gasteiger partial charge is 0.264 e. The normalized spacial score (nSPS) is 11.5. The number of nitrogens with one attached hydrogen (secondary N) is 2. The topological polar surface area (TPSA) is 50.4 Å². The first-order valence-corrected chi connectivity index (χ1v) is 9.28. The van der Waals surface area contributed by atoms with Gasteiger partial charge in [-0.15, -0.1) is 0 Å². The number of rotatable bonds is 6. The summed E-state index contributed by atoms with van der Waals surface area (Å²) in [5, 5.41) is 6.65. The van der Waals surface area contributed by atoms with Crippen molar-refractivity contribution >= 4 is 40.5 Å². The highest BCUT2D eigenvalue weighted by Crippen LogP contribution is 2.26. The van der Waals surface area contributed by atoms with E-state index < -0.39 is 0 Å². The molecule has 0 unspecified atom stereocenters. The Balaban J connectivity index is 1.89. The molecule has 0 heterocycles. The summed E-state index contributed by atoms with van der Waals surface area (Å²) in [4.78, 5) is 12.1. The monoisotopic (exact) mass is 390 g/mol. The predicted molar refractivity (Wildman–Crippen MR) is 111 cm³/mol. The van der Waals surface area contributed by atoms with Crippen LogP contribution in [-0.2, 0) is 4.79 Å². The molecule has 0 radical (unpaired) electrons. The van der Waals surface area contributed by atoms with Crippen molar-refractivity contribution < 1.29 is 9.53 Å². The van der Waals surface area contributed by atoms with E-state index >= 15 is 0 Å². The summed E-state index contributed by atoms with van der Waals surface area (Å²) >= 11 is 11.2. The Morgan fingerprint density at radius 1 is 1.27 bits per heavy atom. The quantitative estimate of drug-likeness (QED) is 0.677. The lowest BCUT2D eigenvalue weighted by Crippen LogP contribution is -2.37. The number of thiocarbonyl (C=S) groups is 1. The molecular weight excluding hydrogens is 368 g/mol. The fraction of sp³-hybridized carbons (Fsp3) is 0.300. The van der Waals surface area contributed by atoms with Gasteiger partial charge in [-0.05, 0) is 66.9 Å². The number of ether oxygens (including phenoxy) is 1. The molecule has 0 bridgehead atoms. The Hall–Kier alpha value is -2.11. The Bertz CT molecular complexity index is 795. The molecule has 0 aliphatic carbocycles. The number of hydrogen-bond acceptors (Lipinski definition) is 3. The number of halogens is 1. The Morgan fingerprint density at radius 3 is 2.69 bits per heavy atom. The average molecular weight is 391 g/mol. The lowest BCUT2D eigenvalue weighted by molar-refractivity contribution is -0.121. The number of amides is 1. The first-order chi connectivity index (χ1) is 12.4. The van der Waals surface area contributed by atoms with Crippen molar-refractivity contribution in [3.05, 3.63) is 58.6 Å². The van der Waals surface area contributed by atoms with E-state index in [1.165, 1.54) is 5.56 Å². The molecule has 0 aliphatic heterocycles. The molecule has 2 aromatic carbocycles. The zero-order chi connectivity index (χ0) is 19.1. The van der Waals surface area contributed by atoms with E-state index in [4.69, 9.17) is 28.6 Å². The second-order valence-corrected chi connectivity index (χ2v) is 6.91. The van der Waals surface area contributed by atoms with Gasteiger partial charge >= 0.3 is 0 Å². The van der Waals surface area contributed by atoms with Gasteiger partial charge in [0.05, 0.1) is 0 Å². The van der Waals surface area contributed by atoms with Crippen LogP contribution >= 0.6 is 23.8 Å². The molecule has 6 heteroatoms. The average Bonchev–Trinajstić information content (AvgIpc) is 2.62. The van der Waals surface area contributed by atoms with Crippen molar-refractivity contribution in [2.75, 3.05) is 11.9 Å². The maximum atomic E-state index is 12.1. The molecule has 0 saturated carbocycles. The Labute approximate surface area is 164 Å². The molecule has 2 aromatic rings. The van der Waals surface area contributed by atoms with Crippen molar-refractivity contribution in [1.82, 2.24) is 5.32 Å². The maximum Gasteiger partial charge on any atom is 0.264 e. The molecule has 4 nitrogen and oxygen atoms in total. The number of carbonyl (C=O) groups is 1. The van der Waals surface area contributed by atoms with Crippen LogP contribution in [0.1, 0.15) is 37.3 Å². The van der Waals surface area contributed by atoms with E-state index in [1.807, 2.05) is 25.1 Å². The highest BCUT2D eigenvalue weighted by Gasteiger charge is 2.11. The zero-order valence-electron chi connectivity index (χ0n) is 15.1. The minimum Gasteiger partial charge on any atom is -0.484 e. The largest absolute Gasteiger partial charge is 0.484 e. The molecule has 138 valence electrons. The van der Waals surface area contributed by atoms with Crippen LogP contribution < -0.4 is 15.4 Å². The number of anilines is 1. The van der Waals surface area contributed by atoms with Crippen LogP contribution in [-0.4, -0.2) is 17.6 Å². The van der Waals surface area contributed by atoms with Gasteiger partial charge in [0.2, 0.25) is 0 Å². The molecule has 1 atom stereocenters. The van der Waals surface area contributed by atoms with Crippen molar-refractivity contribution in [3.63, 3.8) is 0 Å². The number of para-hydroxylation sites is 1. The number of benzene rings is 2. The van der Waals surface area contributed by atoms with Crippen molar-refractivity contribution in [1.29, 1.82) is 0 Å². The lowest BCUT2D eigenvalue weighted by Gasteiger charge is -2.17. The van der Waals surface area contributed by atoms with Gasteiger partial charge in [0.1, 0.15) is 5.75 Å². The molecule has 0 fully saturated rings. The summed E-state index contributed by atoms with van der Waals surface area (Å²) in [7, 11) is 0. The van der Waals surface area contributed by atoms with Gasteiger partial charge in [-0.25, -0.2) is 0 Å². The molecule has 2 N–H and O–H groups in total. The summed E-state index contributed by atoms with van der Waals surface area (Å²) in [6.45, 7) is 6.04. The minimum atomic E-state index is -0.323. The third kappa shape index (κ3) is 5.71. The molecule has 2 rings (SSSR count). The van der Waals surface area contributed by atoms with Crippen LogP contribution in [0.4, 0.5) is 5.69 Å². The van der Waals surface area contributed by atoms with Crippen LogP contribution in [0.25, 0.3) is 0 Å². The lowest BCUT2D eigenvalue weighted by atomic mass is 9.97. The highest BCUT2D eigenvalue weighted by atomic mass is 35.5. The van der Waals surface area contributed by atoms with E-state index in [2.05, 4.69) is 30.5 Å². The Morgan fingerprint density at radius 2 is 2.00 bits per heavy atom. The third-order valence-corrected chi connectivity index (χ3v) is 4.73. The fourth-order valence-electron chi connectivity index (χ4n) is 2.43. The summed E-state index contributed by atoms with van der Waals surface area (Å²) in [5.41, 5.74) is 2.96. The standard InChI is InChI=1S/C20H23ClN2O2S/c1-4-13(2)16-7-5-6-8-18(16)22-20(26)23-19(24)12-25-15-9-10-17(21)14(3)11-15/h5-11,13H,4,12H2,1-3H3,(H2,22,23,24,26)/t13-/m1/s1. The molecule has 0 aromatic heterocycles. The van der Waals surface area contributed by atoms with Crippen LogP contribution in [0.2, 0.25) is 5.02 Å². The van der Waals surface area contributed by atoms with E-state index in [9.17, 15) is 4.79 Å². The summed E-state index contributed by atoms with van der Waals surface area (Å²) in [6, 6.07) is 13.2. The number of carbonyl (C=O) groups excluding carboxylic acids is 1. The van der Waals surface area contributed by atoms with Crippen LogP contribution in [0.3, 0.4) is 0 Å². The first-order valence-electron chi connectivity index (χ1n) is 8.49. The van der Waals surface area contributed by atoms with E-state index in [1.54, 1.807) is 18.2 Å². The van der Waals surface area contributed by atoms with Gasteiger partial charge in [0.15, 0.2) is 11.7 Å². The summed E-state index contributed by atoms with van der Waals surface area (Å²) in [6.07, 6.45) is 1.02. The second kappa shape index (κ2) is 9.55. The molecule has 0 spiro atoms. The molecule has 26 heavy (non-hydrogen) atoms. The minimum absolute atomic E-state index is 0.129. The van der Waals surface area contributed by atoms with Gasteiger partial charge in [-0.1, -0.05) is 43.6 Å². The van der Waals surface area contributed by atoms with E-state index in [0.29, 0.717) is 16.7 Å². The maximum absolute atomic E-state index is 12.1. The van der Waals surface area contributed by atoms with Crippen molar-refractivity contribution in [3.8, 4) is 5.75 Å².